The SMILES string of the molecule is CC1CC(N[C@H](C)c2ccc(Cl)cc2)CC(C)(C)C1. The Labute approximate surface area is 122 Å². The van der Waals surface area contributed by atoms with Gasteiger partial charge in [0.05, 0.1) is 0 Å². The van der Waals surface area contributed by atoms with Gasteiger partial charge in [-0.15, -0.1) is 0 Å². The molecule has 1 aromatic carbocycles. The van der Waals surface area contributed by atoms with E-state index >= 15 is 0 Å². The third-order valence-electron chi connectivity index (χ3n) is 4.24. The van der Waals surface area contributed by atoms with Crippen LogP contribution in [0.3, 0.4) is 0 Å². The molecule has 1 fully saturated rings. The van der Waals surface area contributed by atoms with E-state index in [0.29, 0.717) is 17.5 Å². The van der Waals surface area contributed by atoms with Crippen LogP contribution in [0.2, 0.25) is 5.02 Å². The van der Waals surface area contributed by atoms with Crippen molar-refractivity contribution in [3.8, 4) is 0 Å². The Morgan fingerprint density at radius 1 is 1.21 bits per heavy atom. The molecule has 2 rings (SSSR count). The maximum absolute atomic E-state index is 5.94. The summed E-state index contributed by atoms with van der Waals surface area (Å²) in [6.07, 6.45) is 3.91. The number of benzene rings is 1. The second-order valence-electron chi connectivity index (χ2n) is 7.05. The number of halogens is 1. The van der Waals surface area contributed by atoms with Crippen molar-refractivity contribution in [2.75, 3.05) is 0 Å². The van der Waals surface area contributed by atoms with Crippen molar-refractivity contribution in [3.63, 3.8) is 0 Å². The Morgan fingerprint density at radius 2 is 1.84 bits per heavy atom. The fourth-order valence-electron chi connectivity index (χ4n) is 3.67. The van der Waals surface area contributed by atoms with Crippen molar-refractivity contribution in [3.05, 3.63) is 34.9 Å². The predicted molar refractivity (Wildman–Crippen MR) is 83.6 cm³/mol. The minimum absolute atomic E-state index is 0.392. The zero-order chi connectivity index (χ0) is 14.0. The molecule has 2 heteroatoms. The average Bonchev–Trinajstić information content (AvgIpc) is 2.26. The van der Waals surface area contributed by atoms with Gasteiger partial charge in [-0.25, -0.2) is 0 Å². The van der Waals surface area contributed by atoms with E-state index in [1.165, 1.54) is 24.8 Å². The Balaban J connectivity index is 1.98. The van der Waals surface area contributed by atoms with Crippen LogP contribution < -0.4 is 5.32 Å². The van der Waals surface area contributed by atoms with Gasteiger partial charge in [-0.3, -0.25) is 0 Å². The van der Waals surface area contributed by atoms with Gasteiger partial charge in [0.15, 0.2) is 0 Å². The molecule has 0 saturated heterocycles. The fraction of sp³-hybridized carbons (Fsp3) is 0.647. The van der Waals surface area contributed by atoms with Gasteiger partial charge in [-0.1, -0.05) is 44.5 Å². The number of hydrogen-bond acceptors (Lipinski definition) is 1. The third-order valence-corrected chi connectivity index (χ3v) is 4.49. The summed E-state index contributed by atoms with van der Waals surface area (Å²) in [5.41, 5.74) is 1.79. The predicted octanol–water partition coefficient (Wildman–Crippen LogP) is 5.21. The van der Waals surface area contributed by atoms with Crippen LogP contribution in [0.15, 0.2) is 24.3 Å². The summed E-state index contributed by atoms with van der Waals surface area (Å²) in [5, 5.41) is 4.61. The monoisotopic (exact) mass is 279 g/mol. The summed E-state index contributed by atoms with van der Waals surface area (Å²) in [5.74, 6) is 0.818. The fourth-order valence-corrected chi connectivity index (χ4v) is 3.80. The van der Waals surface area contributed by atoms with Crippen LogP contribution in [0.4, 0.5) is 0 Å². The molecule has 0 spiro atoms. The normalized spacial score (nSPS) is 28.1. The first-order valence-electron chi connectivity index (χ1n) is 7.37. The number of rotatable bonds is 3. The Bertz CT molecular complexity index is 410. The van der Waals surface area contributed by atoms with Crippen molar-refractivity contribution < 1.29 is 0 Å². The molecule has 3 atom stereocenters. The number of hydrogen-bond donors (Lipinski definition) is 1. The lowest BCUT2D eigenvalue weighted by Gasteiger charge is -2.40. The lowest BCUT2D eigenvalue weighted by molar-refractivity contribution is 0.145. The van der Waals surface area contributed by atoms with E-state index in [9.17, 15) is 0 Å². The van der Waals surface area contributed by atoms with Crippen LogP contribution in [-0.2, 0) is 0 Å². The van der Waals surface area contributed by atoms with Gasteiger partial charge in [0.25, 0.3) is 0 Å². The van der Waals surface area contributed by atoms with Crippen molar-refractivity contribution in [1.82, 2.24) is 5.32 Å². The Morgan fingerprint density at radius 3 is 2.42 bits per heavy atom. The molecule has 1 aromatic rings. The first-order chi connectivity index (χ1) is 8.85. The van der Waals surface area contributed by atoms with Crippen LogP contribution in [-0.4, -0.2) is 6.04 Å². The van der Waals surface area contributed by atoms with Crippen LogP contribution in [0.1, 0.15) is 58.6 Å². The van der Waals surface area contributed by atoms with Gasteiger partial charge in [0.1, 0.15) is 0 Å². The molecule has 2 unspecified atom stereocenters. The first-order valence-corrected chi connectivity index (χ1v) is 7.75. The van der Waals surface area contributed by atoms with Gasteiger partial charge < -0.3 is 5.32 Å². The average molecular weight is 280 g/mol. The summed E-state index contributed by atoms with van der Waals surface area (Å²) in [6.45, 7) is 9.41. The van der Waals surface area contributed by atoms with Gasteiger partial charge in [0.2, 0.25) is 0 Å². The van der Waals surface area contributed by atoms with E-state index in [1.54, 1.807) is 0 Å². The standard InChI is InChI=1S/C17H26ClN/c1-12-9-16(11-17(3,4)10-12)19-13(2)14-5-7-15(18)8-6-14/h5-8,12-13,16,19H,9-11H2,1-4H3/t12?,13-,16?/m1/s1. The van der Waals surface area contributed by atoms with Crippen molar-refractivity contribution in [2.24, 2.45) is 11.3 Å². The van der Waals surface area contributed by atoms with Gasteiger partial charge in [-0.05, 0) is 55.2 Å². The molecule has 106 valence electrons. The Kier molecular flexibility index (Phi) is 4.58. The zero-order valence-corrected chi connectivity index (χ0v) is 13.3. The van der Waals surface area contributed by atoms with E-state index in [0.717, 1.165) is 10.9 Å². The molecule has 0 aromatic heterocycles. The zero-order valence-electron chi connectivity index (χ0n) is 12.5. The maximum Gasteiger partial charge on any atom is 0.0406 e. The molecule has 0 amide bonds. The summed E-state index contributed by atoms with van der Waals surface area (Å²) in [4.78, 5) is 0. The molecule has 1 aliphatic carbocycles. The van der Waals surface area contributed by atoms with E-state index < -0.39 is 0 Å². The smallest absolute Gasteiger partial charge is 0.0406 e. The summed E-state index contributed by atoms with van der Waals surface area (Å²) >= 11 is 5.94. The van der Waals surface area contributed by atoms with Crippen LogP contribution in [0.5, 0.6) is 0 Å². The second-order valence-corrected chi connectivity index (χ2v) is 7.49. The molecular formula is C17H26ClN. The summed E-state index contributed by atoms with van der Waals surface area (Å²) < 4.78 is 0. The third kappa shape index (κ3) is 4.22. The topological polar surface area (TPSA) is 12.0 Å². The molecule has 1 aliphatic rings. The first kappa shape index (κ1) is 14.9. The molecule has 19 heavy (non-hydrogen) atoms. The van der Waals surface area contributed by atoms with Crippen molar-refractivity contribution in [1.29, 1.82) is 0 Å². The highest BCUT2D eigenvalue weighted by Crippen LogP contribution is 2.39. The second kappa shape index (κ2) is 5.85. The molecule has 0 bridgehead atoms. The van der Waals surface area contributed by atoms with E-state index in [4.69, 9.17) is 11.6 Å². The molecule has 1 saturated carbocycles. The highest BCUT2D eigenvalue weighted by molar-refractivity contribution is 6.30. The van der Waals surface area contributed by atoms with Crippen LogP contribution in [0, 0.1) is 11.3 Å². The van der Waals surface area contributed by atoms with E-state index in [-0.39, 0.29) is 0 Å². The van der Waals surface area contributed by atoms with Gasteiger partial charge >= 0.3 is 0 Å². The quantitative estimate of drug-likeness (QED) is 0.801. The highest BCUT2D eigenvalue weighted by atomic mass is 35.5. The highest BCUT2D eigenvalue weighted by Gasteiger charge is 2.32. The maximum atomic E-state index is 5.94. The van der Waals surface area contributed by atoms with Gasteiger partial charge in [-0.2, -0.15) is 0 Å². The largest absolute Gasteiger partial charge is 0.307 e. The van der Waals surface area contributed by atoms with Crippen LogP contribution >= 0.6 is 11.6 Å². The van der Waals surface area contributed by atoms with Gasteiger partial charge in [0, 0.05) is 17.1 Å². The molecule has 0 radical (unpaired) electrons. The summed E-state index contributed by atoms with van der Waals surface area (Å²) in [7, 11) is 0. The lowest BCUT2D eigenvalue weighted by Crippen LogP contribution is -2.41. The molecule has 1 N–H and O–H groups in total. The van der Waals surface area contributed by atoms with E-state index in [2.05, 4.69) is 45.1 Å². The molecule has 1 nitrogen and oxygen atoms in total. The molecule has 0 heterocycles. The Hall–Kier alpha value is -0.530. The number of nitrogens with one attached hydrogen (secondary N) is 1. The van der Waals surface area contributed by atoms with Crippen molar-refractivity contribution in [2.45, 2.75) is 59.0 Å². The summed E-state index contributed by atoms with van der Waals surface area (Å²) in [6, 6.07) is 9.22. The van der Waals surface area contributed by atoms with Crippen LogP contribution in [0.25, 0.3) is 0 Å². The molecular weight excluding hydrogens is 254 g/mol. The minimum Gasteiger partial charge on any atom is -0.307 e. The van der Waals surface area contributed by atoms with Crippen molar-refractivity contribution >= 4 is 11.6 Å². The van der Waals surface area contributed by atoms with E-state index in [1.807, 2.05) is 12.1 Å². The minimum atomic E-state index is 0.392. The lowest BCUT2D eigenvalue weighted by atomic mass is 9.70. The molecule has 0 aliphatic heterocycles.